The van der Waals surface area contributed by atoms with Crippen LogP contribution in [-0.2, 0) is 0 Å². The summed E-state index contributed by atoms with van der Waals surface area (Å²) in [6.07, 6.45) is 1.03. The number of nitrogens with zero attached hydrogens (tertiary/aromatic N) is 3. The molecule has 0 aliphatic rings. The lowest BCUT2D eigenvalue weighted by Crippen LogP contribution is -2.30. The first kappa shape index (κ1) is 14.9. The van der Waals surface area contributed by atoms with Gasteiger partial charge in [-0.15, -0.1) is 0 Å². The van der Waals surface area contributed by atoms with Gasteiger partial charge in [-0.2, -0.15) is 0 Å². The Kier molecular flexibility index (Phi) is 4.51. The van der Waals surface area contributed by atoms with E-state index in [0.29, 0.717) is 5.02 Å². The fourth-order valence-electron chi connectivity index (χ4n) is 1.43. The first-order valence-electron chi connectivity index (χ1n) is 5.46. The number of benzene rings is 1. The summed E-state index contributed by atoms with van der Waals surface area (Å²) in [4.78, 5) is 29.1. The molecule has 1 aromatic heterocycles. The van der Waals surface area contributed by atoms with E-state index in [1.807, 2.05) is 0 Å². The molecule has 0 aliphatic carbocycles. The SMILES string of the molecule is O=C(NNc1ncnc(Cl)c1[N+](=O)[O-])c1cccc(Cl)c1. The van der Waals surface area contributed by atoms with Gasteiger partial charge in [0.2, 0.25) is 11.0 Å². The smallest absolute Gasteiger partial charge is 0.276 e. The molecule has 10 heteroatoms. The highest BCUT2D eigenvalue weighted by Crippen LogP contribution is 2.27. The molecule has 0 aliphatic heterocycles. The predicted octanol–water partition coefficient (Wildman–Crippen LogP) is 2.45. The second-order valence-corrected chi connectivity index (χ2v) is 4.50. The molecule has 1 aromatic carbocycles. The molecule has 108 valence electrons. The highest BCUT2D eigenvalue weighted by molar-refractivity contribution is 6.32. The third-order valence-electron chi connectivity index (χ3n) is 2.34. The van der Waals surface area contributed by atoms with Gasteiger partial charge in [0.15, 0.2) is 0 Å². The summed E-state index contributed by atoms with van der Waals surface area (Å²) in [6, 6.07) is 6.19. The van der Waals surface area contributed by atoms with Crippen molar-refractivity contribution in [3.63, 3.8) is 0 Å². The summed E-state index contributed by atoms with van der Waals surface area (Å²) in [5.74, 6) is -0.767. The third kappa shape index (κ3) is 3.56. The van der Waals surface area contributed by atoms with Gasteiger partial charge in [0.05, 0.1) is 4.92 Å². The summed E-state index contributed by atoms with van der Waals surface area (Å²) in [6.45, 7) is 0. The number of aromatic nitrogens is 2. The van der Waals surface area contributed by atoms with E-state index in [2.05, 4.69) is 20.8 Å². The van der Waals surface area contributed by atoms with Crippen molar-refractivity contribution in [2.24, 2.45) is 0 Å². The molecule has 1 amide bonds. The van der Waals surface area contributed by atoms with Crippen molar-refractivity contribution in [1.82, 2.24) is 15.4 Å². The monoisotopic (exact) mass is 327 g/mol. The summed E-state index contributed by atoms with van der Waals surface area (Å²) < 4.78 is 0. The largest absolute Gasteiger partial charge is 0.350 e. The molecular formula is C11H7Cl2N5O3. The standard InChI is InChI=1S/C11H7Cl2N5O3/c12-7-3-1-2-6(4-7)11(19)17-16-10-8(18(20)21)9(13)14-5-15-10/h1-5H,(H,17,19)(H,14,15,16). The number of hydrogen-bond acceptors (Lipinski definition) is 6. The lowest BCUT2D eigenvalue weighted by molar-refractivity contribution is -0.384. The number of carbonyl (C=O) groups is 1. The van der Waals surface area contributed by atoms with E-state index in [9.17, 15) is 14.9 Å². The van der Waals surface area contributed by atoms with Crippen LogP contribution in [0.25, 0.3) is 0 Å². The molecule has 0 fully saturated rings. The molecule has 2 rings (SSSR count). The van der Waals surface area contributed by atoms with E-state index in [1.54, 1.807) is 12.1 Å². The highest BCUT2D eigenvalue weighted by atomic mass is 35.5. The molecule has 0 radical (unpaired) electrons. The van der Waals surface area contributed by atoms with Gasteiger partial charge in [0.1, 0.15) is 6.33 Å². The van der Waals surface area contributed by atoms with E-state index >= 15 is 0 Å². The number of anilines is 1. The molecule has 0 atom stereocenters. The lowest BCUT2D eigenvalue weighted by atomic mass is 10.2. The number of hydrazine groups is 1. The first-order chi connectivity index (χ1) is 9.99. The van der Waals surface area contributed by atoms with Crippen molar-refractivity contribution >= 4 is 40.6 Å². The number of carbonyl (C=O) groups excluding carboxylic acids is 1. The maximum Gasteiger partial charge on any atom is 0.350 e. The first-order valence-corrected chi connectivity index (χ1v) is 6.21. The Hall–Kier alpha value is -2.45. The number of nitrogens with one attached hydrogen (secondary N) is 2. The summed E-state index contributed by atoms with van der Waals surface area (Å²) in [5.41, 5.74) is 4.34. The van der Waals surface area contributed by atoms with E-state index in [1.165, 1.54) is 12.1 Å². The number of halogens is 2. The van der Waals surface area contributed by atoms with Crippen LogP contribution in [0.4, 0.5) is 11.5 Å². The average Bonchev–Trinajstić information content (AvgIpc) is 2.44. The quantitative estimate of drug-likeness (QED) is 0.507. The molecule has 0 saturated carbocycles. The maximum absolute atomic E-state index is 11.9. The molecule has 8 nitrogen and oxygen atoms in total. The van der Waals surface area contributed by atoms with Gasteiger partial charge >= 0.3 is 5.69 Å². The molecule has 1 heterocycles. The van der Waals surface area contributed by atoms with Gasteiger partial charge in [-0.25, -0.2) is 9.97 Å². The van der Waals surface area contributed by atoms with Crippen LogP contribution >= 0.6 is 23.2 Å². The Balaban J connectivity index is 2.15. The van der Waals surface area contributed by atoms with E-state index in [0.717, 1.165) is 6.33 Å². The van der Waals surface area contributed by atoms with Crippen molar-refractivity contribution in [3.05, 3.63) is 56.4 Å². The Labute approximate surface area is 128 Å². The number of nitro groups is 1. The van der Waals surface area contributed by atoms with Crippen LogP contribution in [0.2, 0.25) is 10.2 Å². The van der Waals surface area contributed by atoms with Crippen molar-refractivity contribution in [2.45, 2.75) is 0 Å². The Bertz CT molecular complexity index is 710. The molecule has 0 spiro atoms. The second kappa shape index (κ2) is 6.33. The van der Waals surface area contributed by atoms with Crippen LogP contribution in [0.1, 0.15) is 10.4 Å². The zero-order valence-corrected chi connectivity index (χ0v) is 11.7. The fraction of sp³-hybridized carbons (Fsp3) is 0. The molecular weight excluding hydrogens is 321 g/mol. The molecule has 21 heavy (non-hydrogen) atoms. The molecule has 2 N–H and O–H groups in total. The zero-order chi connectivity index (χ0) is 15.4. The van der Waals surface area contributed by atoms with Crippen molar-refractivity contribution < 1.29 is 9.72 Å². The topological polar surface area (TPSA) is 110 Å². The number of hydrogen-bond donors (Lipinski definition) is 2. The predicted molar refractivity (Wildman–Crippen MR) is 76.2 cm³/mol. The van der Waals surface area contributed by atoms with E-state index in [-0.39, 0.29) is 16.5 Å². The van der Waals surface area contributed by atoms with Crippen LogP contribution < -0.4 is 10.9 Å². The van der Waals surface area contributed by atoms with Crippen molar-refractivity contribution in [3.8, 4) is 0 Å². The van der Waals surface area contributed by atoms with Crippen LogP contribution in [0.3, 0.4) is 0 Å². The highest BCUT2D eigenvalue weighted by Gasteiger charge is 2.21. The Morgan fingerprint density at radius 1 is 1.29 bits per heavy atom. The van der Waals surface area contributed by atoms with Gasteiger partial charge in [0, 0.05) is 10.6 Å². The zero-order valence-electron chi connectivity index (χ0n) is 10.2. The van der Waals surface area contributed by atoms with Crippen LogP contribution in [0, 0.1) is 10.1 Å². The second-order valence-electron chi connectivity index (χ2n) is 3.71. The van der Waals surface area contributed by atoms with Crippen molar-refractivity contribution in [1.29, 1.82) is 0 Å². The summed E-state index contributed by atoms with van der Waals surface area (Å²) in [7, 11) is 0. The normalized spacial score (nSPS) is 10.0. The molecule has 0 bridgehead atoms. The van der Waals surface area contributed by atoms with E-state index in [4.69, 9.17) is 23.2 Å². The van der Waals surface area contributed by atoms with Crippen LogP contribution in [-0.4, -0.2) is 20.8 Å². The molecule has 2 aromatic rings. The lowest BCUT2D eigenvalue weighted by Gasteiger charge is -2.08. The van der Waals surface area contributed by atoms with Gasteiger partial charge in [-0.3, -0.25) is 25.8 Å². The minimum absolute atomic E-state index is 0.227. The Morgan fingerprint density at radius 3 is 2.71 bits per heavy atom. The summed E-state index contributed by atoms with van der Waals surface area (Å²) >= 11 is 11.4. The molecule has 0 unspecified atom stereocenters. The van der Waals surface area contributed by atoms with Gasteiger partial charge < -0.3 is 0 Å². The Morgan fingerprint density at radius 2 is 2.05 bits per heavy atom. The van der Waals surface area contributed by atoms with Gasteiger partial charge in [-0.05, 0) is 18.2 Å². The van der Waals surface area contributed by atoms with E-state index < -0.39 is 16.5 Å². The number of amides is 1. The number of rotatable bonds is 4. The van der Waals surface area contributed by atoms with Crippen LogP contribution in [0.5, 0.6) is 0 Å². The average molecular weight is 328 g/mol. The fourth-order valence-corrected chi connectivity index (χ4v) is 1.82. The van der Waals surface area contributed by atoms with Crippen molar-refractivity contribution in [2.75, 3.05) is 5.43 Å². The maximum atomic E-state index is 11.9. The molecule has 0 saturated heterocycles. The minimum atomic E-state index is -0.754. The van der Waals surface area contributed by atoms with Gasteiger partial charge in [-0.1, -0.05) is 29.3 Å². The summed E-state index contributed by atoms with van der Waals surface area (Å²) in [5, 5.41) is 10.9. The minimum Gasteiger partial charge on any atom is -0.276 e. The third-order valence-corrected chi connectivity index (χ3v) is 2.85. The van der Waals surface area contributed by atoms with Gasteiger partial charge in [0.25, 0.3) is 5.91 Å². The van der Waals surface area contributed by atoms with Crippen LogP contribution in [0.15, 0.2) is 30.6 Å².